The highest BCUT2D eigenvalue weighted by atomic mass is 35.5. The van der Waals surface area contributed by atoms with Crippen LogP contribution >= 0.6 is 11.6 Å². The van der Waals surface area contributed by atoms with Gasteiger partial charge in [0.2, 0.25) is 11.9 Å². The monoisotopic (exact) mass is 602 g/mol. The SMILES string of the molecule is C=CC(=O)N1CC[C@H](N2C(=O)N(c3ccc(Cl)cc3)Cc3cnc(Nc4ccc(N5CCN(C)CC5)cc4OC)nc32)C1. The minimum Gasteiger partial charge on any atom is -0.494 e. The van der Waals surface area contributed by atoms with Crippen molar-refractivity contribution in [3.8, 4) is 5.75 Å². The Bertz CT molecular complexity index is 1530. The lowest BCUT2D eigenvalue weighted by atomic mass is 10.1. The van der Waals surface area contributed by atoms with Gasteiger partial charge in [-0.1, -0.05) is 18.2 Å². The number of rotatable bonds is 7. The van der Waals surface area contributed by atoms with Crippen LogP contribution in [0.1, 0.15) is 12.0 Å². The van der Waals surface area contributed by atoms with E-state index in [4.69, 9.17) is 21.3 Å². The number of aromatic nitrogens is 2. The van der Waals surface area contributed by atoms with Crippen molar-refractivity contribution in [3.63, 3.8) is 0 Å². The van der Waals surface area contributed by atoms with Crippen molar-refractivity contribution in [3.05, 3.63) is 71.9 Å². The third kappa shape index (κ3) is 5.82. The predicted octanol–water partition coefficient (Wildman–Crippen LogP) is 4.37. The van der Waals surface area contributed by atoms with Gasteiger partial charge in [-0.25, -0.2) is 9.78 Å². The summed E-state index contributed by atoms with van der Waals surface area (Å²) in [6, 6.07) is 12.7. The average Bonchev–Trinajstić information content (AvgIpc) is 3.51. The van der Waals surface area contributed by atoms with E-state index < -0.39 is 0 Å². The number of carbonyl (C=O) groups is 2. The molecule has 0 aliphatic carbocycles. The van der Waals surface area contributed by atoms with Crippen LogP contribution in [0.2, 0.25) is 5.02 Å². The number of fused-ring (bicyclic) bond motifs is 1. The molecule has 3 aliphatic heterocycles. The van der Waals surface area contributed by atoms with Gasteiger partial charge < -0.3 is 24.8 Å². The molecule has 3 aliphatic rings. The molecule has 224 valence electrons. The van der Waals surface area contributed by atoms with Crippen LogP contribution in [0.3, 0.4) is 0 Å². The van der Waals surface area contributed by atoms with Gasteiger partial charge in [0.15, 0.2) is 0 Å². The molecule has 2 aromatic carbocycles. The fraction of sp³-hybridized carbons (Fsp3) is 0.355. The lowest BCUT2D eigenvalue weighted by Crippen LogP contribution is -2.53. The van der Waals surface area contributed by atoms with Gasteiger partial charge in [0.05, 0.1) is 25.4 Å². The highest BCUT2D eigenvalue weighted by Gasteiger charge is 2.41. The van der Waals surface area contributed by atoms with Gasteiger partial charge >= 0.3 is 6.03 Å². The van der Waals surface area contributed by atoms with Crippen LogP contribution in [0.5, 0.6) is 5.75 Å². The van der Waals surface area contributed by atoms with E-state index in [-0.39, 0.29) is 18.0 Å². The largest absolute Gasteiger partial charge is 0.494 e. The number of halogens is 1. The van der Waals surface area contributed by atoms with E-state index in [1.807, 2.05) is 24.3 Å². The van der Waals surface area contributed by atoms with E-state index in [1.54, 1.807) is 40.1 Å². The van der Waals surface area contributed by atoms with E-state index in [2.05, 4.69) is 39.8 Å². The first-order valence-corrected chi connectivity index (χ1v) is 14.7. The number of methoxy groups -OCH3 is 1. The number of likely N-dealkylation sites (tertiary alicyclic amines) is 1. The minimum absolute atomic E-state index is 0.154. The van der Waals surface area contributed by atoms with Gasteiger partial charge in [0.1, 0.15) is 11.6 Å². The number of anilines is 5. The Morgan fingerprint density at radius 2 is 1.84 bits per heavy atom. The number of likely N-dealkylation sites (N-methyl/N-ethyl adjacent to an activating group) is 1. The van der Waals surface area contributed by atoms with Gasteiger partial charge in [-0.3, -0.25) is 14.6 Å². The summed E-state index contributed by atoms with van der Waals surface area (Å²) in [6.07, 6.45) is 3.67. The third-order valence-corrected chi connectivity index (χ3v) is 8.54. The summed E-state index contributed by atoms with van der Waals surface area (Å²) in [4.78, 5) is 45.7. The number of urea groups is 1. The van der Waals surface area contributed by atoms with Crippen molar-refractivity contribution in [2.45, 2.75) is 19.0 Å². The zero-order valence-electron chi connectivity index (χ0n) is 24.4. The number of piperazine rings is 1. The molecule has 2 saturated heterocycles. The lowest BCUT2D eigenvalue weighted by molar-refractivity contribution is -0.125. The Balaban J connectivity index is 1.30. The van der Waals surface area contributed by atoms with Crippen LogP contribution in [0, 0.1) is 0 Å². The first-order valence-electron chi connectivity index (χ1n) is 14.4. The van der Waals surface area contributed by atoms with Crippen molar-refractivity contribution in [2.75, 3.05) is 73.4 Å². The number of benzene rings is 2. The molecular weight excluding hydrogens is 568 g/mol. The van der Waals surface area contributed by atoms with Crippen LogP contribution in [0.4, 0.5) is 33.6 Å². The number of hydrogen-bond donors (Lipinski definition) is 1. The standard InChI is InChI=1S/C31H35ClN8O3/c1-4-28(41)38-12-11-25(20-38)40-29-21(19-39(31(40)42)23-7-5-22(32)6-8-23)18-33-30(35-29)34-26-10-9-24(17-27(26)43-3)37-15-13-36(2)14-16-37/h4-10,17-18,25H,1,11-16,19-20H2,2-3H3,(H,33,34,35)/t25-/m0/s1. The highest BCUT2D eigenvalue weighted by Crippen LogP contribution is 2.36. The summed E-state index contributed by atoms with van der Waals surface area (Å²) in [5.74, 6) is 1.39. The molecule has 0 saturated carbocycles. The zero-order valence-corrected chi connectivity index (χ0v) is 25.1. The molecule has 1 N–H and O–H groups in total. The maximum absolute atomic E-state index is 14.1. The summed E-state index contributed by atoms with van der Waals surface area (Å²) in [5.41, 5.74) is 3.33. The van der Waals surface area contributed by atoms with Crippen molar-refractivity contribution in [2.24, 2.45) is 0 Å². The first kappa shape index (κ1) is 28.8. The summed E-state index contributed by atoms with van der Waals surface area (Å²) in [5, 5.41) is 3.89. The Kier molecular flexibility index (Phi) is 8.09. The molecule has 3 amide bonds. The molecule has 12 heteroatoms. The topological polar surface area (TPSA) is 97.4 Å². The molecule has 1 aromatic heterocycles. The summed E-state index contributed by atoms with van der Waals surface area (Å²) in [6.45, 7) is 8.77. The van der Waals surface area contributed by atoms with Gasteiger partial charge in [-0.05, 0) is 55.9 Å². The van der Waals surface area contributed by atoms with Crippen LogP contribution < -0.4 is 24.8 Å². The molecule has 11 nitrogen and oxygen atoms in total. The quantitative estimate of drug-likeness (QED) is 0.398. The number of carbonyl (C=O) groups excluding carboxylic acids is 2. The van der Waals surface area contributed by atoms with Crippen LogP contribution in [0.25, 0.3) is 0 Å². The average molecular weight is 603 g/mol. The van der Waals surface area contributed by atoms with Crippen LogP contribution in [-0.4, -0.2) is 91.2 Å². The molecule has 0 radical (unpaired) electrons. The minimum atomic E-state index is -0.259. The fourth-order valence-corrected chi connectivity index (χ4v) is 5.96. The van der Waals surface area contributed by atoms with E-state index in [0.29, 0.717) is 48.6 Å². The van der Waals surface area contributed by atoms with Crippen LogP contribution in [0.15, 0.2) is 61.3 Å². The predicted molar refractivity (Wildman–Crippen MR) is 169 cm³/mol. The van der Waals surface area contributed by atoms with Crippen molar-refractivity contribution in [1.29, 1.82) is 0 Å². The number of nitrogens with one attached hydrogen (secondary N) is 1. The van der Waals surface area contributed by atoms with E-state index in [0.717, 1.165) is 48.8 Å². The molecule has 6 rings (SSSR count). The van der Waals surface area contributed by atoms with Gasteiger partial charge in [-0.2, -0.15) is 4.98 Å². The maximum Gasteiger partial charge on any atom is 0.330 e. The number of amides is 3. The molecular formula is C31H35ClN8O3. The van der Waals surface area contributed by atoms with Gasteiger partial charge in [-0.15, -0.1) is 0 Å². The molecule has 0 unspecified atom stereocenters. The fourth-order valence-electron chi connectivity index (χ4n) is 5.84. The van der Waals surface area contributed by atoms with E-state index in [1.165, 1.54) is 6.08 Å². The lowest BCUT2D eigenvalue weighted by Gasteiger charge is -2.39. The molecule has 0 spiro atoms. The Morgan fingerprint density at radius 1 is 1.09 bits per heavy atom. The van der Waals surface area contributed by atoms with Gasteiger partial charge in [0.25, 0.3) is 0 Å². The summed E-state index contributed by atoms with van der Waals surface area (Å²) < 4.78 is 5.74. The Morgan fingerprint density at radius 3 is 2.56 bits per heavy atom. The van der Waals surface area contributed by atoms with Crippen molar-refractivity contribution in [1.82, 2.24) is 19.8 Å². The smallest absolute Gasteiger partial charge is 0.330 e. The number of hydrogen-bond acceptors (Lipinski definition) is 8. The normalized spacial score (nSPS) is 19.0. The van der Waals surface area contributed by atoms with Gasteiger partial charge in [0, 0.05) is 73.5 Å². The molecule has 2 fully saturated rings. The summed E-state index contributed by atoms with van der Waals surface area (Å²) in [7, 11) is 3.78. The zero-order chi connectivity index (χ0) is 30.1. The van der Waals surface area contributed by atoms with Crippen molar-refractivity contribution >= 4 is 52.4 Å². The molecule has 1 atom stereocenters. The number of ether oxygens (including phenoxy) is 1. The first-order chi connectivity index (χ1) is 20.8. The molecule has 3 aromatic rings. The third-order valence-electron chi connectivity index (χ3n) is 8.29. The Labute approximate surface area is 256 Å². The Hall–Kier alpha value is -4.35. The molecule has 0 bridgehead atoms. The summed E-state index contributed by atoms with van der Waals surface area (Å²) >= 11 is 6.12. The molecule has 4 heterocycles. The van der Waals surface area contributed by atoms with Crippen molar-refractivity contribution < 1.29 is 14.3 Å². The second-order valence-corrected chi connectivity index (χ2v) is 11.4. The second kappa shape index (κ2) is 12.1. The van der Waals surface area contributed by atoms with E-state index >= 15 is 0 Å². The highest BCUT2D eigenvalue weighted by molar-refractivity contribution is 6.30. The van der Waals surface area contributed by atoms with E-state index in [9.17, 15) is 9.59 Å². The van der Waals surface area contributed by atoms with Crippen LogP contribution in [-0.2, 0) is 11.3 Å². The number of nitrogens with zero attached hydrogens (tertiary/aromatic N) is 7. The molecule has 43 heavy (non-hydrogen) atoms. The maximum atomic E-state index is 14.1. The second-order valence-electron chi connectivity index (χ2n) is 11.0.